The van der Waals surface area contributed by atoms with E-state index in [9.17, 15) is 0 Å². The van der Waals surface area contributed by atoms with Gasteiger partial charge in [-0.2, -0.15) is 10.4 Å². The van der Waals surface area contributed by atoms with Gasteiger partial charge in [0.2, 0.25) is 5.71 Å². The maximum absolute atomic E-state index is 8.69. The second-order valence-corrected chi connectivity index (χ2v) is 3.47. The molecule has 0 aliphatic heterocycles. The average molecular weight is 261 g/mol. The summed E-state index contributed by atoms with van der Waals surface area (Å²) in [5.41, 5.74) is 8.27. The number of hydrogen-bond acceptors (Lipinski definition) is 6. The van der Waals surface area contributed by atoms with Gasteiger partial charge in [0, 0.05) is 13.2 Å². The number of nitriles is 1. The van der Waals surface area contributed by atoms with Crippen molar-refractivity contribution in [2.24, 2.45) is 10.8 Å². The number of anilines is 1. The first kappa shape index (κ1) is 14.5. The summed E-state index contributed by atoms with van der Waals surface area (Å²) in [6.45, 7) is 0.943. The first-order valence-corrected chi connectivity index (χ1v) is 5.47. The van der Waals surface area contributed by atoms with Gasteiger partial charge in [-0.15, -0.1) is 0 Å². The Morgan fingerprint density at radius 1 is 1.53 bits per heavy atom. The molecule has 1 aromatic rings. The fraction of sp³-hybridized carbons (Fsp3) is 0.250. The van der Waals surface area contributed by atoms with E-state index in [0.717, 1.165) is 0 Å². The first-order valence-electron chi connectivity index (χ1n) is 5.47. The number of nitrogens with one attached hydrogen (secondary N) is 2. The smallest absolute Gasteiger partial charge is 0.201 e. The van der Waals surface area contributed by atoms with Gasteiger partial charge in [0.15, 0.2) is 5.84 Å². The zero-order valence-electron chi connectivity index (χ0n) is 10.5. The highest BCUT2D eigenvalue weighted by atomic mass is 16.5. The molecule has 19 heavy (non-hydrogen) atoms. The van der Waals surface area contributed by atoms with Gasteiger partial charge in [-0.25, -0.2) is 0 Å². The summed E-state index contributed by atoms with van der Waals surface area (Å²) in [6, 6.07) is 8.76. The molecule has 0 unspecified atom stereocenters. The topological polar surface area (TPSA) is 117 Å². The molecule has 0 aromatic heterocycles. The lowest BCUT2D eigenvalue weighted by Crippen LogP contribution is -2.21. The number of amidine groups is 1. The summed E-state index contributed by atoms with van der Waals surface area (Å²) in [4.78, 5) is 0. The normalized spacial score (nSPS) is 10.6. The van der Waals surface area contributed by atoms with Crippen LogP contribution in [0.4, 0.5) is 5.69 Å². The fourth-order valence-corrected chi connectivity index (χ4v) is 1.16. The Bertz CT molecular complexity index is 507. The molecule has 0 atom stereocenters. The highest BCUT2D eigenvalue weighted by Gasteiger charge is 2.01. The standard InChI is InChI=1S/C12H15N5O2/c1-18-5-6-19-10-4-2-3-9(7-10)16-17-11(8-13)12(14)15/h2-4,7,16H,5-6H2,1H3,(H3,14,15)/b17-11+. The molecule has 0 bridgehead atoms. The summed E-state index contributed by atoms with van der Waals surface area (Å²) in [7, 11) is 1.60. The first-order chi connectivity index (χ1) is 9.17. The Labute approximate surface area is 111 Å². The summed E-state index contributed by atoms with van der Waals surface area (Å²) in [6.07, 6.45) is 0. The van der Waals surface area contributed by atoms with Crippen molar-refractivity contribution in [2.75, 3.05) is 25.7 Å². The monoisotopic (exact) mass is 261 g/mol. The Balaban J connectivity index is 2.67. The molecule has 0 saturated heterocycles. The third kappa shape index (κ3) is 5.06. The summed E-state index contributed by atoms with van der Waals surface area (Å²) < 4.78 is 10.3. The molecule has 0 radical (unpaired) electrons. The van der Waals surface area contributed by atoms with Gasteiger partial charge in [-0.05, 0) is 12.1 Å². The Morgan fingerprint density at radius 2 is 2.32 bits per heavy atom. The quantitative estimate of drug-likeness (QED) is 0.292. The number of hydrazone groups is 1. The largest absolute Gasteiger partial charge is 0.491 e. The van der Waals surface area contributed by atoms with Crippen molar-refractivity contribution in [1.82, 2.24) is 0 Å². The molecule has 0 aliphatic rings. The molecule has 0 amide bonds. The Kier molecular flexibility index (Phi) is 5.85. The minimum absolute atomic E-state index is 0.175. The van der Waals surface area contributed by atoms with Gasteiger partial charge in [0.05, 0.1) is 12.3 Å². The van der Waals surface area contributed by atoms with E-state index in [0.29, 0.717) is 24.7 Å². The van der Waals surface area contributed by atoms with Crippen LogP contribution in [-0.4, -0.2) is 31.9 Å². The predicted octanol–water partition coefficient (Wildman–Crippen LogP) is 0.939. The summed E-state index contributed by atoms with van der Waals surface area (Å²) >= 11 is 0. The lowest BCUT2D eigenvalue weighted by molar-refractivity contribution is 0.146. The fourth-order valence-electron chi connectivity index (χ4n) is 1.16. The molecule has 0 fully saturated rings. The van der Waals surface area contributed by atoms with Crippen molar-refractivity contribution in [1.29, 1.82) is 10.7 Å². The maximum atomic E-state index is 8.69. The number of ether oxygens (including phenoxy) is 2. The SMILES string of the molecule is COCCOc1cccc(N/N=C(\C#N)C(=N)N)c1. The number of rotatable bonds is 7. The van der Waals surface area contributed by atoms with Crippen LogP contribution in [0.3, 0.4) is 0 Å². The van der Waals surface area contributed by atoms with Crippen molar-refractivity contribution in [3.63, 3.8) is 0 Å². The lowest BCUT2D eigenvalue weighted by atomic mass is 10.3. The van der Waals surface area contributed by atoms with Crippen molar-refractivity contribution in [3.8, 4) is 11.8 Å². The Hall–Kier alpha value is -2.59. The van der Waals surface area contributed by atoms with Gasteiger partial charge in [0.25, 0.3) is 0 Å². The van der Waals surface area contributed by atoms with E-state index < -0.39 is 0 Å². The third-order valence-corrected chi connectivity index (χ3v) is 2.05. The number of nitrogens with two attached hydrogens (primary N) is 1. The lowest BCUT2D eigenvalue weighted by Gasteiger charge is -2.07. The van der Waals surface area contributed by atoms with Crippen molar-refractivity contribution < 1.29 is 9.47 Å². The van der Waals surface area contributed by atoms with E-state index in [1.807, 2.05) is 0 Å². The van der Waals surface area contributed by atoms with Gasteiger partial charge >= 0.3 is 0 Å². The third-order valence-electron chi connectivity index (χ3n) is 2.05. The highest BCUT2D eigenvalue weighted by Crippen LogP contribution is 2.17. The van der Waals surface area contributed by atoms with Crippen LogP contribution in [0.5, 0.6) is 5.75 Å². The van der Waals surface area contributed by atoms with Crippen molar-refractivity contribution in [3.05, 3.63) is 24.3 Å². The summed E-state index contributed by atoms with van der Waals surface area (Å²) in [5.74, 6) is 0.265. The van der Waals surface area contributed by atoms with Gasteiger partial charge in [-0.3, -0.25) is 10.8 Å². The van der Waals surface area contributed by atoms with Crippen molar-refractivity contribution in [2.45, 2.75) is 0 Å². The maximum Gasteiger partial charge on any atom is 0.201 e. The molecule has 0 heterocycles. The molecule has 0 spiro atoms. The van der Waals surface area contributed by atoms with Gasteiger partial charge in [-0.1, -0.05) is 6.07 Å². The van der Waals surface area contributed by atoms with E-state index >= 15 is 0 Å². The molecular weight excluding hydrogens is 246 g/mol. The minimum Gasteiger partial charge on any atom is -0.491 e. The van der Waals surface area contributed by atoms with E-state index in [1.165, 1.54) is 0 Å². The molecular formula is C12H15N5O2. The van der Waals surface area contributed by atoms with E-state index in [2.05, 4.69) is 10.5 Å². The van der Waals surface area contributed by atoms with Crippen LogP contribution in [0.2, 0.25) is 0 Å². The number of methoxy groups -OCH3 is 1. The molecule has 1 aromatic carbocycles. The molecule has 7 nitrogen and oxygen atoms in total. The molecule has 7 heteroatoms. The molecule has 100 valence electrons. The number of nitrogens with zero attached hydrogens (tertiary/aromatic N) is 2. The number of benzene rings is 1. The van der Waals surface area contributed by atoms with Crippen LogP contribution < -0.4 is 15.9 Å². The zero-order chi connectivity index (χ0) is 14.1. The minimum atomic E-state index is -0.387. The van der Waals surface area contributed by atoms with Crippen LogP contribution in [-0.2, 0) is 4.74 Å². The van der Waals surface area contributed by atoms with Crippen LogP contribution in [0.25, 0.3) is 0 Å². The number of hydrogen-bond donors (Lipinski definition) is 3. The predicted molar refractivity (Wildman–Crippen MR) is 72.4 cm³/mol. The molecule has 0 saturated carbocycles. The Morgan fingerprint density at radius 3 is 2.95 bits per heavy atom. The van der Waals surface area contributed by atoms with E-state index in [4.69, 9.17) is 25.9 Å². The average Bonchev–Trinajstić information content (AvgIpc) is 2.40. The second kappa shape index (κ2) is 7.68. The van der Waals surface area contributed by atoms with Gasteiger partial charge in [0.1, 0.15) is 18.4 Å². The van der Waals surface area contributed by atoms with E-state index in [-0.39, 0.29) is 11.5 Å². The van der Waals surface area contributed by atoms with Crippen LogP contribution in [0.1, 0.15) is 0 Å². The summed E-state index contributed by atoms with van der Waals surface area (Å²) in [5, 5.41) is 19.5. The van der Waals surface area contributed by atoms with Crippen LogP contribution in [0, 0.1) is 16.7 Å². The zero-order valence-corrected chi connectivity index (χ0v) is 10.5. The van der Waals surface area contributed by atoms with E-state index in [1.54, 1.807) is 37.4 Å². The van der Waals surface area contributed by atoms with Crippen molar-refractivity contribution >= 4 is 17.2 Å². The van der Waals surface area contributed by atoms with Crippen LogP contribution >= 0.6 is 0 Å². The highest BCUT2D eigenvalue weighted by molar-refractivity contribution is 6.45. The van der Waals surface area contributed by atoms with Crippen LogP contribution in [0.15, 0.2) is 29.4 Å². The van der Waals surface area contributed by atoms with Gasteiger partial charge < -0.3 is 15.2 Å². The molecule has 4 N–H and O–H groups in total. The molecule has 1 rings (SSSR count). The molecule has 0 aliphatic carbocycles. The second-order valence-electron chi connectivity index (χ2n) is 3.47.